The van der Waals surface area contributed by atoms with Gasteiger partial charge in [0.1, 0.15) is 18.1 Å². The minimum Gasteiger partial charge on any atom is -0.486 e. The van der Waals surface area contributed by atoms with Gasteiger partial charge in [0.15, 0.2) is 11.5 Å². The third kappa shape index (κ3) is 4.52. The van der Waals surface area contributed by atoms with E-state index in [1.807, 2.05) is 6.92 Å². The molecule has 0 bridgehead atoms. The third-order valence-electron chi connectivity index (χ3n) is 3.84. The van der Waals surface area contributed by atoms with Gasteiger partial charge in [-0.2, -0.15) is 5.10 Å². The molecule has 0 unspecified atom stereocenters. The van der Waals surface area contributed by atoms with Gasteiger partial charge in [-0.3, -0.25) is 14.3 Å². The quantitative estimate of drug-likeness (QED) is 0.631. The Kier molecular flexibility index (Phi) is 6.00. The monoisotopic (exact) mass is 402 g/mol. The van der Waals surface area contributed by atoms with E-state index in [4.69, 9.17) is 20.8 Å². The van der Waals surface area contributed by atoms with E-state index in [1.54, 1.807) is 41.2 Å². The number of halogens is 1. The molecule has 0 spiro atoms. The molecular formula is C19H19ClN4O4. The second-order valence-corrected chi connectivity index (χ2v) is 6.23. The number of aryl methyl sites for hydroxylation is 1. The normalized spacial score (nSPS) is 10.5. The zero-order chi connectivity index (χ0) is 20.1. The van der Waals surface area contributed by atoms with Gasteiger partial charge < -0.3 is 19.8 Å². The highest BCUT2D eigenvalue weighted by atomic mass is 35.5. The van der Waals surface area contributed by atoms with Crippen molar-refractivity contribution in [2.75, 3.05) is 12.4 Å². The van der Waals surface area contributed by atoms with Crippen LogP contribution >= 0.6 is 11.6 Å². The number of benzene rings is 1. The Morgan fingerprint density at radius 1 is 1.25 bits per heavy atom. The van der Waals surface area contributed by atoms with Crippen molar-refractivity contribution in [1.29, 1.82) is 0 Å². The Labute approximate surface area is 166 Å². The Balaban J connectivity index is 1.67. The van der Waals surface area contributed by atoms with Crippen LogP contribution in [0.15, 0.2) is 47.0 Å². The van der Waals surface area contributed by atoms with E-state index < -0.39 is 11.8 Å². The number of carbonyl (C=O) groups is 2. The number of anilines is 1. The molecule has 2 N–H and O–H groups in total. The summed E-state index contributed by atoms with van der Waals surface area (Å²) in [4.78, 5) is 24.4. The number of aromatic nitrogens is 2. The molecule has 146 valence electrons. The third-order valence-corrected chi connectivity index (χ3v) is 4.07. The molecule has 1 aromatic carbocycles. The van der Waals surface area contributed by atoms with Gasteiger partial charge >= 0.3 is 0 Å². The molecule has 3 aromatic rings. The lowest BCUT2D eigenvalue weighted by Crippen LogP contribution is -2.21. The van der Waals surface area contributed by atoms with Crippen molar-refractivity contribution in [2.24, 2.45) is 0 Å². The Morgan fingerprint density at radius 2 is 2.07 bits per heavy atom. The first-order valence-corrected chi connectivity index (χ1v) is 8.96. The Bertz CT molecular complexity index is 995. The van der Waals surface area contributed by atoms with Crippen LogP contribution in [-0.4, -0.2) is 28.6 Å². The van der Waals surface area contributed by atoms with E-state index in [-0.39, 0.29) is 18.1 Å². The summed E-state index contributed by atoms with van der Waals surface area (Å²) in [6.45, 7) is 2.58. The van der Waals surface area contributed by atoms with Crippen LogP contribution in [0.2, 0.25) is 5.02 Å². The Morgan fingerprint density at radius 3 is 2.79 bits per heavy atom. The molecule has 0 aliphatic carbocycles. The van der Waals surface area contributed by atoms with Crippen LogP contribution < -0.4 is 15.4 Å². The van der Waals surface area contributed by atoms with Crippen LogP contribution in [0.25, 0.3) is 0 Å². The fraction of sp³-hybridized carbons (Fsp3) is 0.211. The first-order valence-electron chi connectivity index (χ1n) is 8.58. The van der Waals surface area contributed by atoms with Gasteiger partial charge in [-0.05, 0) is 37.3 Å². The van der Waals surface area contributed by atoms with Gasteiger partial charge in [0.25, 0.3) is 11.8 Å². The smallest absolute Gasteiger partial charge is 0.291 e. The van der Waals surface area contributed by atoms with E-state index in [0.29, 0.717) is 28.8 Å². The predicted octanol–water partition coefficient (Wildman–Crippen LogP) is 3.34. The molecule has 8 nitrogen and oxygen atoms in total. The van der Waals surface area contributed by atoms with Crippen molar-refractivity contribution >= 4 is 29.1 Å². The molecule has 28 heavy (non-hydrogen) atoms. The number of amides is 2. The maximum Gasteiger partial charge on any atom is 0.291 e. The minimum absolute atomic E-state index is 0.0943. The number of hydrogen-bond acceptors (Lipinski definition) is 5. The number of nitrogens with one attached hydrogen (secondary N) is 2. The fourth-order valence-electron chi connectivity index (χ4n) is 2.43. The summed E-state index contributed by atoms with van der Waals surface area (Å²) >= 11 is 5.92. The van der Waals surface area contributed by atoms with E-state index in [9.17, 15) is 9.59 Å². The van der Waals surface area contributed by atoms with Gasteiger partial charge in [0.2, 0.25) is 0 Å². The highest BCUT2D eigenvalue weighted by Crippen LogP contribution is 2.20. The molecule has 0 atom stereocenters. The average Bonchev–Trinajstić information content (AvgIpc) is 3.33. The standard InChI is InChI=1S/C19H19ClN4O4/c1-3-24-10-15(17(23-24)19(26)21-2)22-18(25)16-8-7-14(28-16)11-27-13-6-4-5-12(20)9-13/h4-10H,3,11H2,1-2H3,(H,21,26)(H,22,25). The first kappa shape index (κ1) is 19.5. The molecule has 2 heterocycles. The maximum absolute atomic E-state index is 12.5. The van der Waals surface area contributed by atoms with Crippen LogP contribution in [0.1, 0.15) is 33.7 Å². The summed E-state index contributed by atoms with van der Waals surface area (Å²) in [6.07, 6.45) is 1.59. The molecule has 0 aliphatic heterocycles. The number of rotatable bonds is 7. The van der Waals surface area contributed by atoms with Gasteiger partial charge in [-0.15, -0.1) is 0 Å². The van der Waals surface area contributed by atoms with E-state index in [2.05, 4.69) is 15.7 Å². The molecule has 0 saturated heterocycles. The number of furan rings is 1. The summed E-state index contributed by atoms with van der Waals surface area (Å²) in [5.41, 5.74) is 0.438. The van der Waals surface area contributed by atoms with Crippen LogP contribution in [-0.2, 0) is 13.2 Å². The number of nitrogens with zero attached hydrogens (tertiary/aromatic N) is 2. The largest absolute Gasteiger partial charge is 0.486 e. The van der Waals surface area contributed by atoms with Crippen LogP contribution in [0, 0.1) is 0 Å². The molecule has 0 fully saturated rings. The van der Waals surface area contributed by atoms with Crippen LogP contribution in [0.4, 0.5) is 5.69 Å². The lowest BCUT2D eigenvalue weighted by Gasteiger charge is -2.04. The molecular weight excluding hydrogens is 384 g/mol. The number of hydrogen-bond donors (Lipinski definition) is 2. The van der Waals surface area contributed by atoms with Crippen LogP contribution in [0.5, 0.6) is 5.75 Å². The molecule has 2 aromatic heterocycles. The van der Waals surface area contributed by atoms with Gasteiger partial charge in [0.05, 0.1) is 5.69 Å². The van der Waals surface area contributed by atoms with Gasteiger partial charge in [-0.1, -0.05) is 17.7 Å². The fourth-order valence-corrected chi connectivity index (χ4v) is 2.61. The Hall–Kier alpha value is -3.26. The molecule has 3 rings (SSSR count). The van der Waals surface area contributed by atoms with Crippen LogP contribution in [0.3, 0.4) is 0 Å². The average molecular weight is 403 g/mol. The van der Waals surface area contributed by atoms with Gasteiger partial charge in [-0.25, -0.2) is 0 Å². The predicted molar refractivity (Wildman–Crippen MR) is 104 cm³/mol. The molecule has 0 saturated carbocycles. The zero-order valence-corrected chi connectivity index (χ0v) is 16.1. The van der Waals surface area contributed by atoms with Crippen molar-refractivity contribution in [2.45, 2.75) is 20.1 Å². The lowest BCUT2D eigenvalue weighted by molar-refractivity contribution is 0.0958. The lowest BCUT2D eigenvalue weighted by atomic mass is 10.3. The van der Waals surface area contributed by atoms with Crippen molar-refractivity contribution in [3.8, 4) is 5.75 Å². The topological polar surface area (TPSA) is 98.4 Å². The summed E-state index contributed by atoms with van der Waals surface area (Å²) in [5, 5.41) is 9.87. The summed E-state index contributed by atoms with van der Waals surface area (Å²) < 4.78 is 12.7. The number of carbonyl (C=O) groups excluding carboxylic acids is 2. The second kappa shape index (κ2) is 8.62. The summed E-state index contributed by atoms with van der Waals surface area (Å²) in [5.74, 6) is 0.280. The van der Waals surface area contributed by atoms with E-state index in [0.717, 1.165) is 0 Å². The maximum atomic E-state index is 12.5. The minimum atomic E-state index is -0.491. The molecule has 2 amide bonds. The summed E-state index contributed by atoms with van der Waals surface area (Å²) in [7, 11) is 1.50. The molecule has 0 radical (unpaired) electrons. The summed E-state index contributed by atoms with van der Waals surface area (Å²) in [6, 6.07) is 10.2. The highest BCUT2D eigenvalue weighted by molar-refractivity contribution is 6.30. The second-order valence-electron chi connectivity index (χ2n) is 5.79. The zero-order valence-electron chi connectivity index (χ0n) is 15.4. The van der Waals surface area contributed by atoms with E-state index >= 15 is 0 Å². The number of ether oxygens (including phenoxy) is 1. The van der Waals surface area contributed by atoms with E-state index in [1.165, 1.54) is 13.1 Å². The van der Waals surface area contributed by atoms with Crippen molar-refractivity contribution in [3.63, 3.8) is 0 Å². The molecule has 0 aliphatic rings. The van der Waals surface area contributed by atoms with Gasteiger partial charge in [0, 0.05) is 24.8 Å². The molecule has 9 heteroatoms. The first-order chi connectivity index (χ1) is 13.5. The van der Waals surface area contributed by atoms with Crippen molar-refractivity contribution < 1.29 is 18.7 Å². The SMILES string of the molecule is CCn1cc(NC(=O)c2ccc(COc3cccc(Cl)c3)o2)c(C(=O)NC)n1. The van der Waals surface area contributed by atoms with Crippen molar-refractivity contribution in [3.05, 3.63) is 64.8 Å². The highest BCUT2D eigenvalue weighted by Gasteiger charge is 2.19. The van der Waals surface area contributed by atoms with Crippen molar-refractivity contribution in [1.82, 2.24) is 15.1 Å².